The van der Waals surface area contributed by atoms with Crippen molar-refractivity contribution >= 4 is 51.3 Å². The quantitative estimate of drug-likeness (QED) is 0.293. The molecule has 0 spiro atoms. The van der Waals surface area contributed by atoms with Crippen molar-refractivity contribution in [3.8, 4) is 0 Å². The van der Waals surface area contributed by atoms with Gasteiger partial charge < -0.3 is 10.2 Å². The molecule has 1 fully saturated rings. The van der Waals surface area contributed by atoms with Gasteiger partial charge in [-0.2, -0.15) is 4.31 Å². The number of nitrogens with zero attached hydrogens (tertiary/aromatic N) is 3. The van der Waals surface area contributed by atoms with Crippen LogP contribution in [0.3, 0.4) is 0 Å². The summed E-state index contributed by atoms with van der Waals surface area (Å²) in [6, 6.07) is 14.3. The van der Waals surface area contributed by atoms with Crippen LogP contribution in [0.15, 0.2) is 51.7 Å². The van der Waals surface area contributed by atoms with E-state index in [1.54, 1.807) is 6.07 Å². The molecule has 1 saturated heterocycles. The smallest absolute Gasteiger partial charge is 0.252 e. The molecular weight excluding hydrogens is 543 g/mol. The lowest BCUT2D eigenvalue weighted by atomic mass is 9.99. The minimum Gasteiger partial charge on any atom is -0.356 e. The number of nitrogens with one attached hydrogen (secondary N) is 1. The molecular formula is C22H33IN4O2S2. The Morgan fingerprint density at radius 3 is 2.55 bits per heavy atom. The number of sulfonamides is 1. The molecule has 1 aliphatic rings. The summed E-state index contributed by atoms with van der Waals surface area (Å²) in [5.74, 6) is 1.45. The summed E-state index contributed by atoms with van der Waals surface area (Å²) in [5.41, 5.74) is 1.39. The lowest BCUT2D eigenvalue weighted by molar-refractivity contribution is 0.447. The number of benzene rings is 1. The van der Waals surface area contributed by atoms with Gasteiger partial charge >= 0.3 is 0 Å². The number of halogens is 1. The third-order valence-electron chi connectivity index (χ3n) is 5.56. The van der Waals surface area contributed by atoms with E-state index < -0.39 is 10.0 Å². The topological polar surface area (TPSA) is 65.0 Å². The van der Waals surface area contributed by atoms with E-state index in [1.807, 2.05) is 27.0 Å². The van der Waals surface area contributed by atoms with E-state index in [0.717, 1.165) is 43.3 Å². The van der Waals surface area contributed by atoms with Crippen LogP contribution in [0.5, 0.6) is 0 Å². The highest BCUT2D eigenvalue weighted by Gasteiger charge is 2.26. The maximum absolute atomic E-state index is 12.7. The van der Waals surface area contributed by atoms with Crippen molar-refractivity contribution in [2.75, 3.05) is 39.8 Å². The van der Waals surface area contributed by atoms with Crippen LogP contribution >= 0.6 is 35.3 Å². The molecule has 2 aromatic rings. The van der Waals surface area contributed by atoms with Crippen molar-refractivity contribution in [1.82, 2.24) is 14.5 Å². The summed E-state index contributed by atoms with van der Waals surface area (Å²) in [6.45, 7) is 7.40. The summed E-state index contributed by atoms with van der Waals surface area (Å²) in [4.78, 5) is 7.82. The van der Waals surface area contributed by atoms with Crippen LogP contribution in [0.25, 0.3) is 0 Å². The first-order chi connectivity index (χ1) is 14.5. The molecule has 2 heterocycles. The molecule has 1 aromatic heterocycles. The number of guanidine groups is 1. The maximum Gasteiger partial charge on any atom is 0.252 e. The van der Waals surface area contributed by atoms with Crippen LogP contribution in [-0.2, 0) is 16.4 Å². The lowest BCUT2D eigenvalue weighted by Crippen LogP contribution is -2.40. The Labute approximate surface area is 207 Å². The Hall–Kier alpha value is -1.17. The molecule has 0 saturated carbocycles. The molecule has 1 atom stereocenters. The first-order valence-electron chi connectivity index (χ1n) is 10.6. The van der Waals surface area contributed by atoms with Gasteiger partial charge in [-0.3, -0.25) is 4.99 Å². The first-order valence-corrected chi connectivity index (χ1v) is 12.8. The Bertz CT molecular complexity index is 943. The predicted octanol–water partition coefficient (Wildman–Crippen LogP) is 4.00. The van der Waals surface area contributed by atoms with E-state index in [2.05, 4.69) is 45.5 Å². The van der Waals surface area contributed by atoms with E-state index in [0.29, 0.717) is 23.2 Å². The van der Waals surface area contributed by atoms with Crippen LogP contribution in [0.1, 0.15) is 36.6 Å². The summed E-state index contributed by atoms with van der Waals surface area (Å²) in [5, 5.41) is 3.45. The van der Waals surface area contributed by atoms with Gasteiger partial charge in [0.25, 0.3) is 10.0 Å². The molecule has 3 rings (SSSR count). The molecule has 6 nitrogen and oxygen atoms in total. The van der Waals surface area contributed by atoms with Gasteiger partial charge in [-0.1, -0.05) is 44.2 Å². The van der Waals surface area contributed by atoms with Gasteiger partial charge in [0.1, 0.15) is 4.21 Å². The molecule has 1 aromatic carbocycles. The fraction of sp³-hybridized carbons (Fsp3) is 0.500. The zero-order chi connectivity index (χ0) is 21.6. The largest absolute Gasteiger partial charge is 0.356 e. The first kappa shape index (κ1) is 26.1. The maximum atomic E-state index is 12.7. The molecule has 0 amide bonds. The number of rotatable bonds is 8. The van der Waals surface area contributed by atoms with Crippen molar-refractivity contribution in [3.63, 3.8) is 0 Å². The van der Waals surface area contributed by atoms with Crippen LogP contribution < -0.4 is 5.32 Å². The highest BCUT2D eigenvalue weighted by molar-refractivity contribution is 14.0. The van der Waals surface area contributed by atoms with Crippen LogP contribution in [0.4, 0.5) is 0 Å². The Morgan fingerprint density at radius 1 is 1.19 bits per heavy atom. The third kappa shape index (κ3) is 6.43. The molecule has 0 aliphatic carbocycles. The molecule has 1 N–H and O–H groups in total. The van der Waals surface area contributed by atoms with E-state index in [4.69, 9.17) is 0 Å². The highest BCUT2D eigenvalue weighted by atomic mass is 127. The van der Waals surface area contributed by atoms with Gasteiger partial charge in [-0.05, 0) is 30.5 Å². The fourth-order valence-corrected chi connectivity index (χ4v) is 6.87. The van der Waals surface area contributed by atoms with Gasteiger partial charge in [0.05, 0.1) is 0 Å². The van der Waals surface area contributed by atoms with Crippen LogP contribution in [-0.4, -0.2) is 63.4 Å². The number of likely N-dealkylation sites (tertiary alicyclic amines) is 1. The Balaban J connectivity index is 0.00000341. The molecule has 0 bridgehead atoms. The molecule has 0 radical (unpaired) electrons. The Kier molecular flexibility index (Phi) is 10.2. The van der Waals surface area contributed by atoms with Crippen molar-refractivity contribution in [3.05, 3.63) is 52.9 Å². The van der Waals surface area contributed by atoms with Gasteiger partial charge in [0, 0.05) is 50.6 Å². The van der Waals surface area contributed by atoms with Crippen molar-refractivity contribution in [1.29, 1.82) is 0 Å². The third-order valence-corrected chi connectivity index (χ3v) is 9.22. The molecule has 31 heavy (non-hydrogen) atoms. The summed E-state index contributed by atoms with van der Waals surface area (Å²) >= 11 is 1.36. The second kappa shape index (κ2) is 12.2. The Morgan fingerprint density at radius 2 is 1.90 bits per heavy atom. The highest BCUT2D eigenvalue weighted by Crippen LogP contribution is 2.27. The number of thiophene rings is 1. The van der Waals surface area contributed by atoms with E-state index in [1.165, 1.54) is 21.2 Å². The predicted molar refractivity (Wildman–Crippen MR) is 140 cm³/mol. The standard InChI is InChI=1S/C22H32N4O2S2.HI/c1-4-26(5-2)30(27,28)21-12-11-20(29-21)13-15-24-22(23-3)25-16-14-19(17-25)18-9-7-6-8-10-18;/h6-12,19H,4-5,13-17H2,1-3H3,(H,23,24);1H. The van der Waals surface area contributed by atoms with E-state index in [-0.39, 0.29) is 24.0 Å². The zero-order valence-corrected chi connectivity index (χ0v) is 22.4. The van der Waals surface area contributed by atoms with Gasteiger partial charge in [0.15, 0.2) is 5.96 Å². The van der Waals surface area contributed by atoms with Crippen LogP contribution in [0.2, 0.25) is 0 Å². The monoisotopic (exact) mass is 576 g/mol. The van der Waals surface area contributed by atoms with Crippen molar-refractivity contribution in [2.45, 2.75) is 36.8 Å². The fourth-order valence-electron chi connectivity index (χ4n) is 3.90. The van der Waals surface area contributed by atoms with Crippen LogP contribution in [0, 0.1) is 0 Å². The minimum absolute atomic E-state index is 0. The average molecular weight is 577 g/mol. The summed E-state index contributed by atoms with van der Waals surface area (Å²) < 4.78 is 27.2. The lowest BCUT2D eigenvalue weighted by Gasteiger charge is -2.21. The number of hydrogen-bond acceptors (Lipinski definition) is 4. The second-order valence-electron chi connectivity index (χ2n) is 7.38. The molecule has 1 aliphatic heterocycles. The summed E-state index contributed by atoms with van der Waals surface area (Å²) in [7, 11) is -1.55. The zero-order valence-electron chi connectivity index (χ0n) is 18.5. The molecule has 172 valence electrons. The molecule has 9 heteroatoms. The van der Waals surface area contributed by atoms with Gasteiger partial charge in [-0.25, -0.2) is 8.42 Å². The normalized spacial score (nSPS) is 17.1. The van der Waals surface area contributed by atoms with E-state index in [9.17, 15) is 8.42 Å². The summed E-state index contributed by atoms with van der Waals surface area (Å²) in [6.07, 6.45) is 1.90. The SMILES string of the molecule is CCN(CC)S(=O)(=O)c1ccc(CCNC(=NC)N2CCC(c3ccccc3)C2)s1.I. The average Bonchev–Trinajstić information content (AvgIpc) is 3.43. The van der Waals surface area contributed by atoms with Crippen molar-refractivity contribution < 1.29 is 8.42 Å². The molecule has 1 unspecified atom stereocenters. The number of hydrogen-bond donors (Lipinski definition) is 1. The minimum atomic E-state index is -3.37. The van der Waals surface area contributed by atoms with Crippen molar-refractivity contribution in [2.24, 2.45) is 4.99 Å². The second-order valence-corrected chi connectivity index (χ2v) is 10.7. The number of aliphatic imine (C=N–C) groups is 1. The van der Waals surface area contributed by atoms with Gasteiger partial charge in [0.2, 0.25) is 0 Å². The van der Waals surface area contributed by atoms with E-state index >= 15 is 0 Å². The van der Waals surface area contributed by atoms with Gasteiger partial charge in [-0.15, -0.1) is 35.3 Å².